The van der Waals surface area contributed by atoms with Crippen LogP contribution in [0.3, 0.4) is 0 Å². The van der Waals surface area contributed by atoms with Crippen LogP contribution >= 0.6 is 0 Å². The fourth-order valence-corrected chi connectivity index (χ4v) is 8.12. The summed E-state index contributed by atoms with van der Waals surface area (Å²) in [6, 6.07) is 71.7. The summed E-state index contributed by atoms with van der Waals surface area (Å²) in [4.78, 5) is 21.1. The van der Waals surface area contributed by atoms with E-state index in [0.29, 0.717) is 5.82 Å². The largest absolute Gasteiger partial charge is 0.298 e. The molecule has 59 heavy (non-hydrogen) atoms. The lowest BCUT2D eigenvalue weighted by atomic mass is 9.92. The van der Waals surface area contributed by atoms with Gasteiger partial charge in [0.05, 0.1) is 28.1 Å². The summed E-state index contributed by atoms with van der Waals surface area (Å²) in [5, 5.41) is 1.04. The van der Waals surface area contributed by atoms with E-state index >= 15 is 0 Å². The molecule has 7 aromatic carbocycles. The Morgan fingerprint density at radius 2 is 0.746 bits per heavy atom. The van der Waals surface area contributed by atoms with Gasteiger partial charge < -0.3 is 0 Å². The van der Waals surface area contributed by atoms with E-state index in [1.165, 1.54) is 11.1 Å². The Balaban J connectivity index is 1.12. The maximum Gasteiger partial charge on any atom is 0.160 e. The molecule has 0 spiro atoms. The van der Waals surface area contributed by atoms with Crippen molar-refractivity contribution in [1.82, 2.24) is 24.3 Å². The van der Waals surface area contributed by atoms with E-state index in [0.717, 1.165) is 89.2 Å². The molecule has 0 aliphatic rings. The lowest BCUT2D eigenvalue weighted by Gasteiger charge is -2.18. The van der Waals surface area contributed by atoms with Crippen LogP contribution in [0.4, 0.5) is 0 Å². The third kappa shape index (κ3) is 6.22. The molecule has 0 aliphatic heterocycles. The zero-order valence-corrected chi connectivity index (χ0v) is 31.9. The van der Waals surface area contributed by atoms with E-state index in [1.54, 1.807) is 0 Å². The van der Waals surface area contributed by atoms with Crippen LogP contribution in [0, 0.1) is 0 Å². The van der Waals surface area contributed by atoms with Crippen molar-refractivity contribution < 1.29 is 0 Å². The molecule has 11 aromatic rings. The van der Waals surface area contributed by atoms with Gasteiger partial charge >= 0.3 is 0 Å². The Hall–Kier alpha value is -8.02. The van der Waals surface area contributed by atoms with Gasteiger partial charge in [0.25, 0.3) is 0 Å². The van der Waals surface area contributed by atoms with Gasteiger partial charge in [0.2, 0.25) is 0 Å². The average molecular weight is 754 g/mol. The van der Waals surface area contributed by atoms with E-state index in [-0.39, 0.29) is 0 Å². The number of pyridine rings is 2. The lowest BCUT2D eigenvalue weighted by molar-refractivity contribution is 1.18. The Bertz CT molecular complexity index is 3160. The van der Waals surface area contributed by atoms with E-state index in [2.05, 4.69) is 156 Å². The fraction of sp³-hybridized carbons (Fsp3) is 0. The Morgan fingerprint density at radius 3 is 1.32 bits per heavy atom. The molecule has 0 saturated carbocycles. The highest BCUT2D eigenvalue weighted by atomic mass is 15.0. The highest BCUT2D eigenvalue weighted by molar-refractivity contribution is 6.09. The number of benzene rings is 7. The van der Waals surface area contributed by atoms with Crippen molar-refractivity contribution in [1.29, 1.82) is 0 Å². The molecule has 0 N–H and O–H groups in total. The van der Waals surface area contributed by atoms with Gasteiger partial charge in [0.1, 0.15) is 11.2 Å². The lowest BCUT2D eigenvalue weighted by Crippen LogP contribution is -2.01. The number of hydrogen-bond donors (Lipinski definition) is 0. The molecular formula is C54H35N5. The van der Waals surface area contributed by atoms with Crippen molar-refractivity contribution in [2.45, 2.75) is 0 Å². The van der Waals surface area contributed by atoms with Crippen LogP contribution in [0.25, 0.3) is 106 Å². The molecule has 276 valence electrons. The van der Waals surface area contributed by atoms with E-state index in [9.17, 15) is 0 Å². The molecule has 5 heteroatoms. The van der Waals surface area contributed by atoms with Crippen LogP contribution in [0.5, 0.6) is 0 Å². The quantitative estimate of drug-likeness (QED) is 0.163. The number of hydrogen-bond acceptors (Lipinski definition) is 4. The molecule has 0 saturated heterocycles. The zero-order chi connectivity index (χ0) is 39.1. The van der Waals surface area contributed by atoms with Crippen molar-refractivity contribution in [3.63, 3.8) is 0 Å². The fourth-order valence-electron chi connectivity index (χ4n) is 8.12. The molecule has 0 fully saturated rings. The summed E-state index contributed by atoms with van der Waals surface area (Å²) < 4.78 is 2.14. The molecule has 4 aromatic heterocycles. The van der Waals surface area contributed by atoms with Crippen LogP contribution in [-0.2, 0) is 0 Å². The molecule has 4 heterocycles. The smallest absolute Gasteiger partial charge is 0.160 e. The summed E-state index contributed by atoms with van der Waals surface area (Å²) in [7, 11) is 0. The minimum absolute atomic E-state index is 0.672. The van der Waals surface area contributed by atoms with Crippen molar-refractivity contribution in [3.8, 4) is 78.5 Å². The minimum atomic E-state index is 0.672. The zero-order valence-electron chi connectivity index (χ0n) is 31.9. The van der Waals surface area contributed by atoms with Crippen LogP contribution in [0.1, 0.15) is 0 Å². The second-order valence-electron chi connectivity index (χ2n) is 14.7. The van der Waals surface area contributed by atoms with Gasteiger partial charge in [-0.1, -0.05) is 188 Å². The van der Waals surface area contributed by atoms with Crippen LogP contribution in [0.15, 0.2) is 212 Å². The van der Waals surface area contributed by atoms with Crippen molar-refractivity contribution in [3.05, 3.63) is 212 Å². The van der Waals surface area contributed by atoms with Gasteiger partial charge in [0, 0.05) is 39.4 Å². The number of nitrogens with zero attached hydrogens (tertiary/aromatic N) is 5. The minimum Gasteiger partial charge on any atom is -0.298 e. The number of aromatic nitrogens is 5. The Labute approximate surface area is 341 Å². The molecule has 0 aliphatic carbocycles. The van der Waals surface area contributed by atoms with Crippen LogP contribution < -0.4 is 0 Å². The van der Waals surface area contributed by atoms with Gasteiger partial charge in [0.15, 0.2) is 5.82 Å². The molecule has 0 radical (unpaired) electrons. The maximum atomic E-state index is 5.39. The standard InChI is InChI=1S/C54H35N5/c1-4-14-36(15-5-1)38-23-29-41(30-24-38)49-48(50(58-54(57-49)44-18-8-3-9-19-44)42-31-25-39(26-32-42)37-16-6-2-7-17-37)40-27-33-43(34-28-40)51-53-52(45-20-10-11-21-46(45)55-51)56-47-22-12-13-35-59(47)53/h1-35H. The second-order valence-corrected chi connectivity index (χ2v) is 14.7. The number of fused-ring (bicyclic) bond motifs is 5. The van der Waals surface area contributed by atoms with Crippen LogP contribution in [0.2, 0.25) is 0 Å². The SMILES string of the molecule is c1ccc(-c2ccc(-c3nc(-c4ccccc4)nc(-c4ccc(-c5ccccc5)cc4)c3-c3ccc(-c4nc5ccccc5c5nc6ccccn6c45)cc3)cc2)cc1. The Kier molecular flexibility index (Phi) is 8.41. The molecular weight excluding hydrogens is 719 g/mol. The van der Waals surface area contributed by atoms with Crippen molar-refractivity contribution >= 4 is 27.6 Å². The van der Waals surface area contributed by atoms with E-state index in [4.69, 9.17) is 19.9 Å². The topological polar surface area (TPSA) is 56.0 Å². The monoisotopic (exact) mass is 753 g/mol. The normalized spacial score (nSPS) is 11.4. The molecule has 0 amide bonds. The molecule has 0 unspecified atom stereocenters. The predicted molar refractivity (Wildman–Crippen MR) is 242 cm³/mol. The van der Waals surface area contributed by atoms with Crippen molar-refractivity contribution in [2.75, 3.05) is 0 Å². The Morgan fingerprint density at radius 1 is 0.305 bits per heavy atom. The highest BCUT2D eigenvalue weighted by Gasteiger charge is 2.22. The highest BCUT2D eigenvalue weighted by Crippen LogP contribution is 2.42. The molecule has 11 rings (SSSR count). The number of rotatable bonds is 7. The third-order valence-corrected chi connectivity index (χ3v) is 11.1. The number of para-hydroxylation sites is 1. The first-order valence-corrected chi connectivity index (χ1v) is 19.8. The van der Waals surface area contributed by atoms with Gasteiger partial charge in [-0.15, -0.1) is 0 Å². The summed E-state index contributed by atoms with van der Waals surface area (Å²) >= 11 is 0. The van der Waals surface area contributed by atoms with Gasteiger partial charge in [-0.2, -0.15) is 0 Å². The third-order valence-electron chi connectivity index (χ3n) is 11.1. The summed E-state index contributed by atoms with van der Waals surface area (Å²) in [6.45, 7) is 0. The molecule has 5 nitrogen and oxygen atoms in total. The van der Waals surface area contributed by atoms with Crippen molar-refractivity contribution in [2.24, 2.45) is 0 Å². The van der Waals surface area contributed by atoms with E-state index in [1.807, 2.05) is 60.7 Å². The van der Waals surface area contributed by atoms with Crippen LogP contribution in [-0.4, -0.2) is 24.3 Å². The first-order valence-electron chi connectivity index (χ1n) is 19.8. The first-order chi connectivity index (χ1) is 29.2. The second kappa shape index (κ2) is 14.5. The average Bonchev–Trinajstić information content (AvgIpc) is 3.72. The van der Waals surface area contributed by atoms with Gasteiger partial charge in [-0.05, 0) is 46.0 Å². The summed E-state index contributed by atoms with van der Waals surface area (Å²) in [5.41, 5.74) is 16.9. The van der Waals surface area contributed by atoms with E-state index < -0.39 is 0 Å². The molecule has 0 bridgehead atoms. The summed E-state index contributed by atoms with van der Waals surface area (Å²) in [5.74, 6) is 0.672. The molecule has 0 atom stereocenters. The first kappa shape index (κ1) is 34.2. The van der Waals surface area contributed by atoms with Gasteiger partial charge in [-0.3, -0.25) is 4.40 Å². The predicted octanol–water partition coefficient (Wildman–Crippen LogP) is 13.5. The summed E-state index contributed by atoms with van der Waals surface area (Å²) in [6.07, 6.45) is 2.06. The maximum absolute atomic E-state index is 5.39. The van der Waals surface area contributed by atoms with Gasteiger partial charge in [-0.25, -0.2) is 19.9 Å². The number of imidazole rings is 1.